The van der Waals surface area contributed by atoms with Crippen LogP contribution in [0.3, 0.4) is 0 Å². The second-order valence-electron chi connectivity index (χ2n) is 6.01. The molecule has 0 amide bonds. The van der Waals surface area contributed by atoms with E-state index in [1.165, 1.54) is 11.1 Å². The molecule has 1 N–H and O–H groups in total. The van der Waals surface area contributed by atoms with Gasteiger partial charge in [0, 0.05) is 48.3 Å². The highest BCUT2D eigenvalue weighted by Gasteiger charge is 2.10. The number of nitrogens with one attached hydrogen (secondary N) is 1. The van der Waals surface area contributed by atoms with Crippen LogP contribution in [0.5, 0.6) is 0 Å². The van der Waals surface area contributed by atoms with Gasteiger partial charge in [-0.05, 0) is 23.3 Å². The molecule has 3 nitrogen and oxygen atoms in total. The molecule has 2 aromatic carbocycles. The Morgan fingerprint density at radius 3 is 2.17 bits per heavy atom. The molecule has 0 bridgehead atoms. The van der Waals surface area contributed by atoms with E-state index in [0.29, 0.717) is 16.6 Å². The third kappa shape index (κ3) is 4.95. The normalized spacial score (nSPS) is 15.6. The van der Waals surface area contributed by atoms with Crippen molar-refractivity contribution in [2.75, 3.05) is 26.3 Å². The summed E-state index contributed by atoms with van der Waals surface area (Å²) in [4.78, 5) is 2.43. The van der Waals surface area contributed by atoms with Gasteiger partial charge in [0.1, 0.15) is 0 Å². The van der Waals surface area contributed by atoms with E-state index in [9.17, 15) is 0 Å². The summed E-state index contributed by atoms with van der Waals surface area (Å²) in [6, 6.07) is 14.4. The van der Waals surface area contributed by atoms with E-state index in [2.05, 4.69) is 34.5 Å². The Kier molecular flexibility index (Phi) is 6.52. The highest BCUT2D eigenvalue weighted by Crippen LogP contribution is 2.24. The zero-order valence-corrected chi connectivity index (χ0v) is 15.1. The molecule has 128 valence electrons. The van der Waals surface area contributed by atoms with Crippen LogP contribution in [0.1, 0.15) is 16.7 Å². The molecule has 2 aromatic rings. The summed E-state index contributed by atoms with van der Waals surface area (Å²) in [6.07, 6.45) is 0. The Balaban J connectivity index is 1.49. The first-order valence-electron chi connectivity index (χ1n) is 8.24. The average Bonchev–Trinajstić information content (AvgIpc) is 2.60. The Bertz CT molecular complexity index is 635. The minimum absolute atomic E-state index is 0.661. The van der Waals surface area contributed by atoms with Crippen molar-refractivity contribution in [1.29, 1.82) is 0 Å². The summed E-state index contributed by atoms with van der Waals surface area (Å²) < 4.78 is 5.39. The standard InChI is InChI=1S/C19H22Cl2N2O/c20-18-2-1-3-19(21)17(18)13-22-12-15-4-6-16(7-5-15)14-23-8-10-24-11-9-23/h1-7,22H,8-14H2. The molecule has 1 aliphatic rings. The van der Waals surface area contributed by atoms with Crippen LogP contribution in [0.25, 0.3) is 0 Å². The van der Waals surface area contributed by atoms with Crippen LogP contribution in [0.2, 0.25) is 10.0 Å². The Morgan fingerprint density at radius 2 is 1.50 bits per heavy atom. The molecule has 24 heavy (non-hydrogen) atoms. The van der Waals surface area contributed by atoms with Crippen LogP contribution in [0, 0.1) is 0 Å². The number of halogens is 2. The van der Waals surface area contributed by atoms with Crippen LogP contribution < -0.4 is 5.32 Å². The number of ether oxygens (including phenoxy) is 1. The largest absolute Gasteiger partial charge is 0.379 e. The van der Waals surface area contributed by atoms with Crippen molar-refractivity contribution in [3.8, 4) is 0 Å². The Morgan fingerprint density at radius 1 is 0.875 bits per heavy atom. The van der Waals surface area contributed by atoms with E-state index in [1.54, 1.807) is 0 Å². The number of hydrogen-bond acceptors (Lipinski definition) is 3. The lowest BCUT2D eigenvalue weighted by Crippen LogP contribution is -2.35. The second kappa shape index (κ2) is 8.84. The van der Waals surface area contributed by atoms with Crippen LogP contribution in [-0.4, -0.2) is 31.2 Å². The molecular formula is C19H22Cl2N2O. The summed E-state index contributed by atoms with van der Waals surface area (Å²) in [7, 11) is 0. The molecule has 1 saturated heterocycles. The van der Waals surface area contributed by atoms with E-state index in [1.807, 2.05) is 18.2 Å². The van der Waals surface area contributed by atoms with Crippen LogP contribution in [-0.2, 0) is 24.4 Å². The van der Waals surface area contributed by atoms with Crippen molar-refractivity contribution in [3.63, 3.8) is 0 Å². The molecule has 0 unspecified atom stereocenters. The quantitative estimate of drug-likeness (QED) is 0.834. The highest BCUT2D eigenvalue weighted by atomic mass is 35.5. The zero-order chi connectivity index (χ0) is 16.8. The molecule has 0 saturated carbocycles. The molecule has 3 rings (SSSR count). The third-order valence-electron chi connectivity index (χ3n) is 4.23. The first kappa shape index (κ1) is 17.7. The maximum Gasteiger partial charge on any atom is 0.0594 e. The SMILES string of the molecule is Clc1cccc(Cl)c1CNCc1ccc(CN2CCOCC2)cc1. The molecule has 0 atom stereocenters. The first-order valence-corrected chi connectivity index (χ1v) is 8.99. The van der Waals surface area contributed by atoms with E-state index in [4.69, 9.17) is 27.9 Å². The van der Waals surface area contributed by atoms with Gasteiger partial charge in [-0.2, -0.15) is 0 Å². The fourth-order valence-corrected chi connectivity index (χ4v) is 3.34. The summed E-state index contributed by atoms with van der Waals surface area (Å²) in [5.74, 6) is 0. The van der Waals surface area contributed by atoms with Crippen LogP contribution in [0.4, 0.5) is 0 Å². The molecule has 0 radical (unpaired) electrons. The second-order valence-corrected chi connectivity index (χ2v) is 6.82. The van der Waals surface area contributed by atoms with Gasteiger partial charge < -0.3 is 10.1 Å². The minimum atomic E-state index is 0.661. The summed E-state index contributed by atoms with van der Waals surface area (Å²) in [5.41, 5.74) is 3.54. The predicted molar refractivity (Wildman–Crippen MR) is 99.5 cm³/mol. The Hall–Kier alpha value is -1.10. The van der Waals surface area contributed by atoms with Gasteiger partial charge in [0.25, 0.3) is 0 Å². The predicted octanol–water partition coefficient (Wildman–Crippen LogP) is 4.12. The van der Waals surface area contributed by atoms with Gasteiger partial charge in [0.15, 0.2) is 0 Å². The average molecular weight is 365 g/mol. The van der Waals surface area contributed by atoms with E-state index < -0.39 is 0 Å². The zero-order valence-electron chi connectivity index (χ0n) is 13.6. The maximum absolute atomic E-state index is 6.19. The number of hydrogen-bond donors (Lipinski definition) is 1. The lowest BCUT2D eigenvalue weighted by Gasteiger charge is -2.26. The first-order chi connectivity index (χ1) is 11.7. The molecule has 1 fully saturated rings. The van der Waals surface area contributed by atoms with Gasteiger partial charge in [-0.3, -0.25) is 4.90 Å². The van der Waals surface area contributed by atoms with Gasteiger partial charge in [-0.1, -0.05) is 53.5 Å². The van der Waals surface area contributed by atoms with Gasteiger partial charge in [0.2, 0.25) is 0 Å². The molecule has 0 aliphatic carbocycles. The van der Waals surface area contributed by atoms with Gasteiger partial charge >= 0.3 is 0 Å². The molecule has 0 spiro atoms. The molecule has 0 aromatic heterocycles. The number of benzene rings is 2. The fourth-order valence-electron chi connectivity index (χ4n) is 2.81. The van der Waals surface area contributed by atoms with Crippen LogP contribution >= 0.6 is 23.2 Å². The summed E-state index contributed by atoms with van der Waals surface area (Å²) in [6.45, 7) is 6.16. The third-order valence-corrected chi connectivity index (χ3v) is 4.93. The molecule has 1 heterocycles. The van der Waals surface area contributed by atoms with Crippen LogP contribution in [0.15, 0.2) is 42.5 Å². The van der Waals surface area contributed by atoms with Crippen molar-refractivity contribution in [2.45, 2.75) is 19.6 Å². The van der Waals surface area contributed by atoms with Crippen molar-refractivity contribution < 1.29 is 4.74 Å². The van der Waals surface area contributed by atoms with Crippen molar-refractivity contribution in [2.24, 2.45) is 0 Å². The number of nitrogens with zero attached hydrogens (tertiary/aromatic N) is 1. The van der Waals surface area contributed by atoms with E-state index in [0.717, 1.165) is 45.0 Å². The van der Waals surface area contributed by atoms with Gasteiger partial charge in [-0.15, -0.1) is 0 Å². The lowest BCUT2D eigenvalue weighted by atomic mass is 10.1. The summed E-state index contributed by atoms with van der Waals surface area (Å²) in [5, 5.41) is 4.81. The lowest BCUT2D eigenvalue weighted by molar-refractivity contribution is 0.0342. The molecule has 1 aliphatic heterocycles. The Labute approximate surface area is 153 Å². The highest BCUT2D eigenvalue weighted by molar-refractivity contribution is 6.35. The smallest absolute Gasteiger partial charge is 0.0594 e. The van der Waals surface area contributed by atoms with Crippen molar-refractivity contribution in [3.05, 3.63) is 69.2 Å². The van der Waals surface area contributed by atoms with Gasteiger partial charge in [-0.25, -0.2) is 0 Å². The van der Waals surface area contributed by atoms with Crippen molar-refractivity contribution in [1.82, 2.24) is 10.2 Å². The number of rotatable bonds is 6. The monoisotopic (exact) mass is 364 g/mol. The molecular weight excluding hydrogens is 343 g/mol. The summed E-state index contributed by atoms with van der Waals surface area (Å²) >= 11 is 12.4. The number of morpholine rings is 1. The topological polar surface area (TPSA) is 24.5 Å². The fraction of sp³-hybridized carbons (Fsp3) is 0.368. The minimum Gasteiger partial charge on any atom is -0.379 e. The maximum atomic E-state index is 6.19. The van der Waals surface area contributed by atoms with E-state index in [-0.39, 0.29) is 0 Å². The molecule has 5 heteroatoms. The van der Waals surface area contributed by atoms with E-state index >= 15 is 0 Å². The van der Waals surface area contributed by atoms with Gasteiger partial charge in [0.05, 0.1) is 13.2 Å². The van der Waals surface area contributed by atoms with Crippen molar-refractivity contribution >= 4 is 23.2 Å².